The van der Waals surface area contributed by atoms with Crippen molar-refractivity contribution in [2.45, 2.75) is 26.9 Å². The number of nitrogens with zero attached hydrogens (tertiary/aromatic N) is 5. The fourth-order valence-electron chi connectivity index (χ4n) is 2.13. The van der Waals surface area contributed by atoms with E-state index in [-0.39, 0.29) is 0 Å². The van der Waals surface area contributed by atoms with E-state index in [1.165, 1.54) is 0 Å². The summed E-state index contributed by atoms with van der Waals surface area (Å²) >= 11 is 0. The van der Waals surface area contributed by atoms with Crippen LogP contribution in [0.1, 0.15) is 22.3 Å². The van der Waals surface area contributed by atoms with Gasteiger partial charge in [-0.25, -0.2) is 0 Å². The van der Waals surface area contributed by atoms with Gasteiger partial charge in [-0.2, -0.15) is 10.2 Å². The van der Waals surface area contributed by atoms with Crippen LogP contribution in [0.5, 0.6) is 0 Å². The van der Waals surface area contributed by atoms with Crippen LogP contribution in [-0.2, 0) is 13.1 Å². The third-order valence-electron chi connectivity index (χ3n) is 3.21. The zero-order valence-corrected chi connectivity index (χ0v) is 13.7. The lowest BCUT2D eigenvalue weighted by molar-refractivity contribution is 0.715. The molecule has 3 aromatic heterocycles. The van der Waals surface area contributed by atoms with Gasteiger partial charge in [0.15, 0.2) is 0 Å². The molecule has 5 heteroatoms. The molecule has 3 heterocycles. The number of aryl methyl sites for hydroxylation is 2. The van der Waals surface area contributed by atoms with Crippen molar-refractivity contribution in [3.05, 3.63) is 65.5 Å². The first-order valence-corrected chi connectivity index (χ1v) is 7.60. The second-order valence-corrected chi connectivity index (χ2v) is 5.50. The molecule has 0 saturated heterocycles. The van der Waals surface area contributed by atoms with Crippen LogP contribution in [0.4, 0.5) is 0 Å². The standard InChI is InChI=1S/C19H17N5/c1-16-10-21-23(14-16)7-3-5-18-9-19(13-20-12-18)6-4-8-24-15-17(2)11-22-24/h9-15H,7-8H2,1-2H3. The molecule has 0 N–H and O–H groups in total. The maximum absolute atomic E-state index is 4.20. The molecule has 3 rings (SSSR count). The number of hydrogen-bond donors (Lipinski definition) is 0. The number of hydrogen-bond acceptors (Lipinski definition) is 3. The molecule has 0 aromatic carbocycles. The lowest BCUT2D eigenvalue weighted by atomic mass is 10.2. The molecule has 24 heavy (non-hydrogen) atoms. The van der Waals surface area contributed by atoms with Crippen LogP contribution in [0.15, 0.2) is 43.2 Å². The molecule has 5 nitrogen and oxygen atoms in total. The monoisotopic (exact) mass is 315 g/mol. The highest BCUT2D eigenvalue weighted by molar-refractivity contribution is 5.40. The highest BCUT2D eigenvalue weighted by Gasteiger charge is 1.93. The molecule has 118 valence electrons. The van der Waals surface area contributed by atoms with E-state index in [1.54, 1.807) is 12.4 Å². The van der Waals surface area contributed by atoms with Gasteiger partial charge >= 0.3 is 0 Å². The van der Waals surface area contributed by atoms with Crippen LogP contribution in [0, 0.1) is 37.5 Å². The normalized spacial score (nSPS) is 9.75. The van der Waals surface area contributed by atoms with Gasteiger partial charge < -0.3 is 0 Å². The molecule has 0 atom stereocenters. The molecule has 0 aliphatic rings. The quantitative estimate of drug-likeness (QED) is 0.681. The lowest BCUT2D eigenvalue weighted by Gasteiger charge is -1.94. The number of rotatable bonds is 2. The minimum atomic E-state index is 0.558. The fourth-order valence-corrected chi connectivity index (χ4v) is 2.13. The van der Waals surface area contributed by atoms with E-state index in [0.717, 1.165) is 22.3 Å². The van der Waals surface area contributed by atoms with Crippen LogP contribution in [-0.4, -0.2) is 24.5 Å². The fraction of sp³-hybridized carbons (Fsp3) is 0.211. The molecule has 0 fully saturated rings. The van der Waals surface area contributed by atoms with Gasteiger partial charge in [-0.15, -0.1) is 0 Å². The van der Waals surface area contributed by atoms with Crippen molar-refractivity contribution in [2.24, 2.45) is 0 Å². The van der Waals surface area contributed by atoms with Crippen molar-refractivity contribution in [3.63, 3.8) is 0 Å². The smallest absolute Gasteiger partial charge is 0.102 e. The summed E-state index contributed by atoms with van der Waals surface area (Å²) in [4.78, 5) is 4.19. The highest BCUT2D eigenvalue weighted by Crippen LogP contribution is 2.00. The minimum Gasteiger partial charge on any atom is -0.262 e. The summed E-state index contributed by atoms with van der Waals surface area (Å²) in [6.07, 6.45) is 11.0. The lowest BCUT2D eigenvalue weighted by Crippen LogP contribution is -1.95. The first kappa shape index (κ1) is 15.6. The molecule has 0 radical (unpaired) electrons. The van der Waals surface area contributed by atoms with Crippen molar-refractivity contribution >= 4 is 0 Å². The maximum Gasteiger partial charge on any atom is 0.102 e. The number of aromatic nitrogens is 5. The molecule has 0 aliphatic carbocycles. The van der Waals surface area contributed by atoms with Crippen molar-refractivity contribution in [3.8, 4) is 23.7 Å². The SMILES string of the molecule is Cc1cnn(CC#Cc2cncc(C#CCn3cc(C)cn3)c2)c1. The third kappa shape index (κ3) is 4.34. The van der Waals surface area contributed by atoms with Crippen LogP contribution >= 0.6 is 0 Å². The van der Waals surface area contributed by atoms with Crippen LogP contribution in [0.3, 0.4) is 0 Å². The topological polar surface area (TPSA) is 48.5 Å². The van der Waals surface area contributed by atoms with E-state index in [4.69, 9.17) is 0 Å². The van der Waals surface area contributed by atoms with Gasteiger partial charge in [-0.05, 0) is 31.0 Å². The Morgan fingerprint density at radius 3 is 1.71 bits per heavy atom. The largest absolute Gasteiger partial charge is 0.262 e. The van der Waals surface area contributed by atoms with Crippen molar-refractivity contribution in [1.29, 1.82) is 0 Å². The third-order valence-corrected chi connectivity index (χ3v) is 3.21. The van der Waals surface area contributed by atoms with Gasteiger partial charge in [0.25, 0.3) is 0 Å². The van der Waals surface area contributed by atoms with Gasteiger partial charge in [0.05, 0.1) is 12.4 Å². The van der Waals surface area contributed by atoms with Crippen molar-refractivity contribution in [1.82, 2.24) is 24.5 Å². The summed E-state index contributed by atoms with van der Waals surface area (Å²) in [6, 6.07) is 1.94. The summed E-state index contributed by atoms with van der Waals surface area (Å²) in [5, 5.41) is 8.41. The van der Waals surface area contributed by atoms with Gasteiger partial charge in [0.2, 0.25) is 0 Å². The summed E-state index contributed by atoms with van der Waals surface area (Å²) in [6.45, 7) is 5.13. The molecule has 0 spiro atoms. The van der Waals surface area contributed by atoms with Crippen LogP contribution in [0.25, 0.3) is 0 Å². The first-order chi connectivity index (χ1) is 11.7. The summed E-state index contributed by atoms with van der Waals surface area (Å²) in [7, 11) is 0. The predicted molar refractivity (Wildman–Crippen MR) is 91.9 cm³/mol. The minimum absolute atomic E-state index is 0.558. The second-order valence-electron chi connectivity index (χ2n) is 5.50. The number of pyridine rings is 1. The highest BCUT2D eigenvalue weighted by atomic mass is 15.3. The Kier molecular flexibility index (Phi) is 4.74. The Hall–Kier alpha value is -3.31. The molecule has 0 saturated carbocycles. The molecular weight excluding hydrogens is 298 g/mol. The second kappa shape index (κ2) is 7.30. The van der Waals surface area contributed by atoms with E-state index in [2.05, 4.69) is 38.9 Å². The molecule has 0 aliphatic heterocycles. The van der Waals surface area contributed by atoms with E-state index >= 15 is 0 Å². The summed E-state index contributed by atoms with van der Waals surface area (Å²) in [5.74, 6) is 12.4. The zero-order chi connectivity index (χ0) is 16.8. The first-order valence-electron chi connectivity index (χ1n) is 7.60. The van der Waals surface area contributed by atoms with Crippen molar-refractivity contribution in [2.75, 3.05) is 0 Å². The van der Waals surface area contributed by atoms with E-state index in [9.17, 15) is 0 Å². The predicted octanol–water partition coefficient (Wildman–Crippen LogP) is 2.19. The Bertz CT molecular complexity index is 881. The van der Waals surface area contributed by atoms with E-state index in [0.29, 0.717) is 13.1 Å². The summed E-state index contributed by atoms with van der Waals surface area (Å²) in [5.41, 5.74) is 3.95. The Morgan fingerprint density at radius 2 is 1.29 bits per heavy atom. The maximum atomic E-state index is 4.20. The Balaban J connectivity index is 1.64. The van der Waals surface area contributed by atoms with Gasteiger partial charge in [0, 0.05) is 35.9 Å². The average Bonchev–Trinajstić information content (AvgIpc) is 3.16. The molecule has 3 aromatic rings. The molecule has 0 bridgehead atoms. The van der Waals surface area contributed by atoms with Gasteiger partial charge in [-0.3, -0.25) is 14.3 Å². The van der Waals surface area contributed by atoms with Gasteiger partial charge in [0.1, 0.15) is 13.1 Å². The van der Waals surface area contributed by atoms with E-state index in [1.807, 2.05) is 54.1 Å². The molecule has 0 unspecified atom stereocenters. The van der Waals surface area contributed by atoms with Crippen LogP contribution < -0.4 is 0 Å². The zero-order valence-electron chi connectivity index (χ0n) is 13.7. The van der Waals surface area contributed by atoms with E-state index < -0.39 is 0 Å². The van der Waals surface area contributed by atoms with Crippen molar-refractivity contribution < 1.29 is 0 Å². The Labute approximate surface area is 141 Å². The summed E-state index contributed by atoms with van der Waals surface area (Å²) < 4.78 is 3.62. The van der Waals surface area contributed by atoms with Gasteiger partial charge in [-0.1, -0.05) is 23.7 Å². The van der Waals surface area contributed by atoms with Crippen LogP contribution in [0.2, 0.25) is 0 Å². The molecule has 0 amide bonds. The Morgan fingerprint density at radius 1 is 0.792 bits per heavy atom. The average molecular weight is 315 g/mol. The molecular formula is C19H17N5.